The molecule has 0 unspecified atom stereocenters. The number of aryl methyl sites for hydroxylation is 1. The van der Waals surface area contributed by atoms with Gasteiger partial charge in [-0.15, -0.1) is 11.3 Å². The van der Waals surface area contributed by atoms with Gasteiger partial charge in [-0.2, -0.15) is 5.10 Å². The molecule has 9 heteroatoms. The highest BCUT2D eigenvalue weighted by Crippen LogP contribution is 2.24. The molecule has 0 saturated carbocycles. The molecule has 1 aliphatic heterocycles. The van der Waals surface area contributed by atoms with Crippen molar-refractivity contribution in [2.45, 2.75) is 32.6 Å². The fourth-order valence-corrected chi connectivity index (χ4v) is 4.21. The lowest BCUT2D eigenvalue weighted by atomic mass is 10.3. The first-order chi connectivity index (χ1) is 10.9. The smallest absolute Gasteiger partial charge is 0.209 e. The van der Waals surface area contributed by atoms with E-state index in [-0.39, 0.29) is 6.54 Å². The first-order valence-corrected chi connectivity index (χ1v) is 10.4. The van der Waals surface area contributed by atoms with Crippen LogP contribution < -0.4 is 4.72 Å². The summed E-state index contributed by atoms with van der Waals surface area (Å²) in [4.78, 5) is 3.62. The number of nitrogens with zero attached hydrogens (tertiary/aromatic N) is 3. The summed E-state index contributed by atoms with van der Waals surface area (Å²) in [5.41, 5.74) is 1.88. The van der Waals surface area contributed by atoms with Crippen LogP contribution in [-0.4, -0.2) is 35.9 Å². The van der Waals surface area contributed by atoms with E-state index < -0.39 is 10.0 Å². The zero-order valence-electron chi connectivity index (χ0n) is 12.8. The highest BCUT2D eigenvalue weighted by atomic mass is 35.5. The average Bonchev–Trinajstić information content (AvgIpc) is 2.98. The minimum atomic E-state index is -3.20. The third-order valence-corrected chi connectivity index (χ3v) is 5.55. The van der Waals surface area contributed by atoms with Gasteiger partial charge in [0.15, 0.2) is 0 Å². The van der Waals surface area contributed by atoms with E-state index in [0.29, 0.717) is 0 Å². The Morgan fingerprint density at radius 3 is 2.91 bits per heavy atom. The molecule has 0 fully saturated rings. The molecule has 23 heavy (non-hydrogen) atoms. The average molecular weight is 375 g/mol. The summed E-state index contributed by atoms with van der Waals surface area (Å²) < 4.78 is 27.7. The maximum absolute atomic E-state index is 11.2. The van der Waals surface area contributed by atoms with Crippen LogP contribution in [0, 0.1) is 0 Å². The molecular formula is C14H19ClN4O2S2. The van der Waals surface area contributed by atoms with Crippen molar-refractivity contribution in [2.75, 3.05) is 12.8 Å². The van der Waals surface area contributed by atoms with Crippen LogP contribution in [-0.2, 0) is 36.2 Å². The molecule has 0 aromatic carbocycles. The molecule has 0 aliphatic carbocycles. The van der Waals surface area contributed by atoms with Crippen molar-refractivity contribution in [3.8, 4) is 0 Å². The molecule has 0 amide bonds. The molecule has 0 spiro atoms. The minimum absolute atomic E-state index is 0.235. The maximum Gasteiger partial charge on any atom is 0.209 e. The minimum Gasteiger partial charge on any atom is -0.292 e. The lowest BCUT2D eigenvalue weighted by Gasteiger charge is -2.18. The summed E-state index contributed by atoms with van der Waals surface area (Å²) >= 11 is 7.61. The van der Waals surface area contributed by atoms with Crippen LogP contribution in [0.3, 0.4) is 0 Å². The summed E-state index contributed by atoms with van der Waals surface area (Å²) in [6, 6.07) is 5.98. The van der Waals surface area contributed by atoms with E-state index in [1.807, 2.05) is 16.8 Å². The van der Waals surface area contributed by atoms with Gasteiger partial charge < -0.3 is 0 Å². The molecule has 0 radical (unpaired) electrons. The standard InChI is InChI=1S/C14H19ClN4O2S2/c1-23(20,21)16-8-11-7-12-9-18(5-2-6-19(12)17-11)10-13-3-4-14(15)22-13/h3-4,7,16H,2,5-6,8-10H2,1H3. The molecule has 1 aliphatic rings. The number of halogens is 1. The second kappa shape index (κ2) is 6.90. The van der Waals surface area contributed by atoms with E-state index in [1.165, 1.54) is 4.88 Å². The molecular weight excluding hydrogens is 356 g/mol. The van der Waals surface area contributed by atoms with Crippen LogP contribution in [0.2, 0.25) is 4.34 Å². The number of hydrogen-bond acceptors (Lipinski definition) is 5. The Balaban J connectivity index is 1.68. The summed E-state index contributed by atoms with van der Waals surface area (Å²) in [6.07, 6.45) is 2.18. The number of fused-ring (bicyclic) bond motifs is 1. The van der Waals surface area contributed by atoms with Gasteiger partial charge in [-0.3, -0.25) is 9.58 Å². The van der Waals surface area contributed by atoms with Gasteiger partial charge in [0, 0.05) is 31.1 Å². The van der Waals surface area contributed by atoms with E-state index in [4.69, 9.17) is 11.6 Å². The van der Waals surface area contributed by atoms with Crippen LogP contribution in [0.15, 0.2) is 18.2 Å². The van der Waals surface area contributed by atoms with E-state index in [0.717, 1.165) is 54.6 Å². The van der Waals surface area contributed by atoms with Crippen molar-refractivity contribution in [3.63, 3.8) is 0 Å². The van der Waals surface area contributed by atoms with Gasteiger partial charge in [-0.05, 0) is 24.6 Å². The third kappa shape index (κ3) is 4.77. The van der Waals surface area contributed by atoms with E-state index in [1.54, 1.807) is 11.3 Å². The van der Waals surface area contributed by atoms with E-state index in [2.05, 4.69) is 20.8 Å². The highest BCUT2D eigenvalue weighted by molar-refractivity contribution is 7.88. The molecule has 3 rings (SSSR count). The van der Waals surface area contributed by atoms with Gasteiger partial charge in [-0.1, -0.05) is 11.6 Å². The van der Waals surface area contributed by atoms with Crippen LogP contribution in [0.1, 0.15) is 22.7 Å². The molecule has 1 N–H and O–H groups in total. The Morgan fingerprint density at radius 1 is 1.39 bits per heavy atom. The summed E-state index contributed by atoms with van der Waals surface area (Å²) in [6.45, 7) is 3.78. The van der Waals surface area contributed by atoms with E-state index >= 15 is 0 Å². The predicted octanol–water partition coefficient (Wildman–Crippen LogP) is 2.05. The van der Waals surface area contributed by atoms with Crippen LogP contribution >= 0.6 is 22.9 Å². The molecule has 2 aromatic rings. The Hall–Kier alpha value is -0.930. The van der Waals surface area contributed by atoms with E-state index in [9.17, 15) is 8.42 Å². The number of aromatic nitrogens is 2. The Bertz CT molecular complexity index is 785. The maximum atomic E-state index is 11.2. The zero-order chi connectivity index (χ0) is 16.4. The molecule has 0 atom stereocenters. The van der Waals surface area contributed by atoms with Crippen molar-refractivity contribution in [1.82, 2.24) is 19.4 Å². The summed E-state index contributed by atoms with van der Waals surface area (Å²) in [5, 5.41) is 4.50. The highest BCUT2D eigenvalue weighted by Gasteiger charge is 2.17. The predicted molar refractivity (Wildman–Crippen MR) is 92.0 cm³/mol. The lowest BCUT2D eigenvalue weighted by Crippen LogP contribution is -2.22. The Morgan fingerprint density at radius 2 is 2.22 bits per heavy atom. The molecule has 3 heterocycles. The fourth-order valence-electron chi connectivity index (χ4n) is 2.67. The number of rotatable bonds is 5. The van der Waals surface area contributed by atoms with Gasteiger partial charge in [0.1, 0.15) is 0 Å². The Kier molecular flexibility index (Phi) is 5.07. The first-order valence-electron chi connectivity index (χ1n) is 7.36. The molecule has 0 bridgehead atoms. The normalized spacial score (nSPS) is 16.3. The van der Waals surface area contributed by atoms with Crippen LogP contribution in [0.25, 0.3) is 0 Å². The number of thiophene rings is 1. The number of sulfonamides is 1. The molecule has 0 saturated heterocycles. The molecule has 126 valence electrons. The summed E-state index contributed by atoms with van der Waals surface area (Å²) in [7, 11) is -3.20. The third-order valence-electron chi connectivity index (χ3n) is 3.67. The second-order valence-electron chi connectivity index (χ2n) is 5.71. The van der Waals surface area contributed by atoms with Gasteiger partial charge in [0.25, 0.3) is 0 Å². The zero-order valence-corrected chi connectivity index (χ0v) is 15.2. The number of nitrogens with one attached hydrogen (secondary N) is 1. The van der Waals surface area contributed by atoms with Crippen molar-refractivity contribution in [1.29, 1.82) is 0 Å². The van der Waals surface area contributed by atoms with Crippen LogP contribution in [0.4, 0.5) is 0 Å². The summed E-state index contributed by atoms with van der Waals surface area (Å²) in [5.74, 6) is 0. The first kappa shape index (κ1) is 16.9. The van der Waals surface area contributed by atoms with Crippen molar-refractivity contribution in [3.05, 3.63) is 38.8 Å². The largest absolute Gasteiger partial charge is 0.292 e. The lowest BCUT2D eigenvalue weighted by molar-refractivity contribution is 0.263. The quantitative estimate of drug-likeness (QED) is 0.869. The fraction of sp³-hybridized carbons (Fsp3) is 0.500. The van der Waals surface area contributed by atoms with Crippen molar-refractivity contribution in [2.24, 2.45) is 0 Å². The van der Waals surface area contributed by atoms with Crippen molar-refractivity contribution < 1.29 is 8.42 Å². The SMILES string of the molecule is CS(=O)(=O)NCc1cc2n(n1)CCCN(Cc1ccc(Cl)s1)C2. The van der Waals surface area contributed by atoms with Gasteiger partial charge in [-0.25, -0.2) is 13.1 Å². The Labute approximate surface area is 145 Å². The van der Waals surface area contributed by atoms with Gasteiger partial charge in [0.05, 0.1) is 28.5 Å². The second-order valence-corrected chi connectivity index (χ2v) is 9.35. The topological polar surface area (TPSA) is 67.2 Å². The number of hydrogen-bond donors (Lipinski definition) is 1. The van der Waals surface area contributed by atoms with Crippen molar-refractivity contribution >= 4 is 33.0 Å². The molecule has 2 aromatic heterocycles. The van der Waals surface area contributed by atoms with Gasteiger partial charge >= 0.3 is 0 Å². The van der Waals surface area contributed by atoms with Crippen LogP contribution in [0.5, 0.6) is 0 Å². The van der Waals surface area contributed by atoms with Gasteiger partial charge in [0.2, 0.25) is 10.0 Å². The monoisotopic (exact) mass is 374 g/mol. The molecule has 6 nitrogen and oxygen atoms in total.